The number of carbonyl (C=O) groups is 2. The van der Waals surface area contributed by atoms with Crippen molar-refractivity contribution < 1.29 is 42.3 Å². The van der Waals surface area contributed by atoms with Crippen molar-refractivity contribution in [1.29, 1.82) is 5.26 Å². The Bertz CT molecular complexity index is 1320. The molecule has 2 aliphatic heterocycles. The molecule has 220 valence electrons. The minimum absolute atomic E-state index is 0.00879. The quantitative estimate of drug-likeness (QED) is 0.232. The first kappa shape index (κ1) is 30.5. The molecule has 0 spiro atoms. The van der Waals surface area contributed by atoms with Crippen LogP contribution in [0.2, 0.25) is 0 Å². The van der Waals surface area contributed by atoms with E-state index < -0.39 is 62.1 Å². The summed E-state index contributed by atoms with van der Waals surface area (Å²) >= 11 is 0. The van der Waals surface area contributed by atoms with E-state index >= 15 is 0 Å². The maximum absolute atomic E-state index is 14.4. The number of alkyl carbamates (subject to hydrolysis) is 1. The van der Waals surface area contributed by atoms with E-state index in [-0.39, 0.29) is 12.0 Å². The van der Waals surface area contributed by atoms with Crippen molar-refractivity contribution in [3.8, 4) is 6.07 Å². The second kappa shape index (κ2) is 12.6. The molecule has 1 aromatic carbocycles. The Kier molecular flexibility index (Phi) is 9.33. The van der Waals surface area contributed by atoms with Gasteiger partial charge in [-0.3, -0.25) is 9.69 Å². The summed E-state index contributed by atoms with van der Waals surface area (Å²) < 4.78 is 44.8. The lowest BCUT2D eigenvalue weighted by molar-refractivity contribution is -0.129. The highest BCUT2D eigenvalue weighted by Crippen LogP contribution is 2.33. The molecular formula is C27H33BF2N4O7. The number of fused-ring (bicyclic) bond motifs is 1. The molecule has 2 fully saturated rings. The topological polar surface area (TPSA) is 148 Å². The molecular weight excluding hydrogens is 541 g/mol. The fourth-order valence-corrected chi connectivity index (χ4v) is 5.19. The molecule has 41 heavy (non-hydrogen) atoms. The van der Waals surface area contributed by atoms with E-state index in [1.54, 1.807) is 24.3 Å². The van der Waals surface area contributed by atoms with Gasteiger partial charge < -0.3 is 34.2 Å². The number of alkyl halides is 2. The van der Waals surface area contributed by atoms with Gasteiger partial charge in [0.1, 0.15) is 23.8 Å². The molecule has 3 heterocycles. The van der Waals surface area contributed by atoms with Gasteiger partial charge in [0.25, 0.3) is 11.8 Å². The third-order valence-electron chi connectivity index (χ3n) is 7.38. The van der Waals surface area contributed by atoms with Crippen LogP contribution in [0.15, 0.2) is 46.6 Å². The Morgan fingerprint density at radius 2 is 2.02 bits per heavy atom. The first-order valence-corrected chi connectivity index (χ1v) is 13.3. The largest absolute Gasteiger partial charge is 0.475 e. The van der Waals surface area contributed by atoms with Crippen LogP contribution in [-0.4, -0.2) is 102 Å². The van der Waals surface area contributed by atoms with E-state index in [2.05, 4.69) is 5.32 Å². The minimum Gasteiger partial charge on any atom is -0.464 e. The van der Waals surface area contributed by atoms with Crippen molar-refractivity contribution in [2.45, 2.75) is 50.1 Å². The van der Waals surface area contributed by atoms with Crippen LogP contribution < -0.4 is 5.32 Å². The van der Waals surface area contributed by atoms with Gasteiger partial charge in [-0.25, -0.2) is 13.6 Å². The molecule has 1 unspecified atom stereocenters. The summed E-state index contributed by atoms with van der Waals surface area (Å²) in [6.45, 7) is 4.31. The summed E-state index contributed by atoms with van der Waals surface area (Å²) in [5, 5.41) is 32.4. The molecule has 4 rings (SSSR count). The first-order chi connectivity index (χ1) is 19.4. The molecule has 2 amide bonds. The normalized spacial score (nSPS) is 20.5. The summed E-state index contributed by atoms with van der Waals surface area (Å²) in [4.78, 5) is 28.7. The second-order valence-corrected chi connectivity index (χ2v) is 10.8. The summed E-state index contributed by atoms with van der Waals surface area (Å²) in [6.07, 6.45) is 1.06. The Balaban J connectivity index is 1.41. The van der Waals surface area contributed by atoms with Crippen molar-refractivity contribution >= 4 is 30.1 Å². The summed E-state index contributed by atoms with van der Waals surface area (Å²) in [5.41, 5.74) is 0.202. The van der Waals surface area contributed by atoms with Crippen LogP contribution in [0.25, 0.3) is 11.0 Å². The number of nitrogens with zero attached hydrogens (tertiary/aromatic N) is 3. The standard InChI is InChI=1S/C27H33BF2N4O7/c1-26(2,33-7-9-39-10-8-33)12-19(14-31)24(35)34-17-27(29,30)13-20(34)16-41-25(36)32-23(28(37)38)11-18-15-40-22-6-4-3-5-21(18)22/h3-6,12,15,20,23,37-38H,7-11,13,16-17H2,1-2H3,(H,32,36)/t20-,23?/m1/s1. The van der Waals surface area contributed by atoms with Crippen molar-refractivity contribution in [1.82, 2.24) is 15.1 Å². The van der Waals surface area contributed by atoms with Gasteiger partial charge in [0, 0.05) is 30.4 Å². The smallest absolute Gasteiger partial charge is 0.464 e. The number of benzene rings is 1. The number of para-hydroxylation sites is 1. The number of nitriles is 1. The van der Waals surface area contributed by atoms with Crippen LogP contribution in [-0.2, 0) is 20.7 Å². The van der Waals surface area contributed by atoms with Crippen LogP contribution in [0.3, 0.4) is 0 Å². The molecule has 0 saturated carbocycles. The van der Waals surface area contributed by atoms with Gasteiger partial charge in [-0.2, -0.15) is 5.26 Å². The van der Waals surface area contributed by atoms with Crippen molar-refractivity contribution in [2.75, 3.05) is 39.5 Å². The number of hydrogen-bond donors (Lipinski definition) is 3. The highest BCUT2D eigenvalue weighted by atomic mass is 19.3. The van der Waals surface area contributed by atoms with Crippen LogP contribution in [0.1, 0.15) is 25.8 Å². The van der Waals surface area contributed by atoms with Gasteiger partial charge in [0.05, 0.1) is 38.0 Å². The van der Waals surface area contributed by atoms with E-state index in [0.717, 1.165) is 10.3 Å². The number of furan rings is 1. The highest BCUT2D eigenvalue weighted by Gasteiger charge is 2.48. The molecule has 2 atom stereocenters. The average Bonchev–Trinajstić information content (AvgIpc) is 3.49. The molecule has 2 saturated heterocycles. The van der Waals surface area contributed by atoms with Crippen LogP contribution in [0.4, 0.5) is 13.6 Å². The zero-order valence-electron chi connectivity index (χ0n) is 22.9. The Labute approximate surface area is 236 Å². The summed E-state index contributed by atoms with van der Waals surface area (Å²) in [7, 11) is -1.96. The van der Waals surface area contributed by atoms with Crippen molar-refractivity contribution in [3.63, 3.8) is 0 Å². The molecule has 2 aliphatic rings. The predicted molar refractivity (Wildman–Crippen MR) is 144 cm³/mol. The van der Waals surface area contributed by atoms with Gasteiger partial charge >= 0.3 is 13.2 Å². The summed E-state index contributed by atoms with van der Waals surface area (Å²) in [5.74, 6) is -5.32. The van der Waals surface area contributed by atoms with E-state index in [9.17, 15) is 33.7 Å². The number of amides is 2. The molecule has 0 bridgehead atoms. The molecule has 0 radical (unpaired) electrons. The Hall–Kier alpha value is -3.51. The van der Waals surface area contributed by atoms with Gasteiger partial charge in [-0.15, -0.1) is 0 Å². The number of rotatable bonds is 9. The number of morpholine rings is 1. The third kappa shape index (κ3) is 7.42. The molecule has 1 aromatic heterocycles. The molecule has 3 N–H and O–H groups in total. The van der Waals surface area contributed by atoms with E-state index in [1.807, 2.05) is 24.8 Å². The summed E-state index contributed by atoms with van der Waals surface area (Å²) in [6, 6.07) is 7.74. The van der Waals surface area contributed by atoms with Crippen molar-refractivity contribution in [2.24, 2.45) is 0 Å². The molecule has 14 heteroatoms. The highest BCUT2D eigenvalue weighted by molar-refractivity contribution is 6.43. The van der Waals surface area contributed by atoms with Gasteiger partial charge in [-0.05, 0) is 38.0 Å². The van der Waals surface area contributed by atoms with E-state index in [4.69, 9.17) is 13.9 Å². The first-order valence-electron chi connectivity index (χ1n) is 13.3. The lowest BCUT2D eigenvalue weighted by atomic mass is 9.76. The lowest BCUT2D eigenvalue weighted by Gasteiger charge is -2.39. The Morgan fingerprint density at radius 3 is 2.71 bits per heavy atom. The number of carbonyl (C=O) groups excluding carboxylic acids is 2. The number of hydrogen-bond acceptors (Lipinski definition) is 9. The number of nitrogens with one attached hydrogen (secondary N) is 1. The zero-order chi connectivity index (χ0) is 29.8. The van der Waals surface area contributed by atoms with Crippen molar-refractivity contribution in [3.05, 3.63) is 47.7 Å². The fraction of sp³-hybridized carbons (Fsp3) is 0.519. The predicted octanol–water partition coefficient (Wildman–Crippen LogP) is 1.88. The molecule has 2 aromatic rings. The van der Waals surface area contributed by atoms with Gasteiger partial charge in [0.2, 0.25) is 0 Å². The van der Waals surface area contributed by atoms with Crippen LogP contribution in [0, 0.1) is 11.3 Å². The van der Waals surface area contributed by atoms with Gasteiger partial charge in [0.15, 0.2) is 0 Å². The fourth-order valence-electron chi connectivity index (χ4n) is 5.19. The molecule has 11 nitrogen and oxygen atoms in total. The lowest BCUT2D eigenvalue weighted by Crippen LogP contribution is -2.49. The minimum atomic E-state index is -3.24. The Morgan fingerprint density at radius 1 is 1.32 bits per heavy atom. The van der Waals surface area contributed by atoms with Crippen LogP contribution >= 0.6 is 0 Å². The number of halogens is 2. The number of ether oxygens (including phenoxy) is 2. The third-order valence-corrected chi connectivity index (χ3v) is 7.38. The average molecular weight is 574 g/mol. The second-order valence-electron chi connectivity index (χ2n) is 10.8. The maximum Gasteiger partial charge on any atom is 0.475 e. The van der Waals surface area contributed by atoms with Gasteiger partial charge in [-0.1, -0.05) is 18.2 Å². The number of likely N-dealkylation sites (tertiary alicyclic amines) is 1. The van der Waals surface area contributed by atoms with E-state index in [0.29, 0.717) is 37.4 Å². The van der Waals surface area contributed by atoms with Crippen LogP contribution in [0.5, 0.6) is 0 Å². The zero-order valence-corrected chi connectivity index (χ0v) is 22.9. The molecule has 0 aliphatic carbocycles. The SMILES string of the molecule is CC(C)(C=C(C#N)C(=O)N1CC(F)(F)C[C@@H]1COC(=O)NC(Cc1coc2ccccc12)B(O)O)N1CCOCC1. The maximum atomic E-state index is 14.4. The monoisotopic (exact) mass is 574 g/mol. The van der Waals surface area contributed by atoms with E-state index in [1.165, 1.54) is 12.3 Å².